The van der Waals surface area contributed by atoms with Crippen molar-refractivity contribution >= 4 is 0 Å². The van der Waals surface area contributed by atoms with Crippen LogP contribution in [0.1, 0.15) is 27.7 Å². The summed E-state index contributed by atoms with van der Waals surface area (Å²) < 4.78 is 29.3. The van der Waals surface area contributed by atoms with Gasteiger partial charge >= 0.3 is 0 Å². The van der Waals surface area contributed by atoms with Crippen molar-refractivity contribution in [2.24, 2.45) is 0 Å². The molecular formula is C11H18F2O. The minimum absolute atomic E-state index is 0.0694. The summed E-state index contributed by atoms with van der Waals surface area (Å²) in [6.45, 7) is 8.00. The van der Waals surface area contributed by atoms with E-state index in [2.05, 4.69) is 4.74 Å². The third kappa shape index (κ3) is 4.80. The number of halogens is 2. The molecule has 0 atom stereocenters. The van der Waals surface area contributed by atoms with Crippen molar-refractivity contribution in [3.8, 4) is 5.75 Å². The Balaban J connectivity index is 0. The van der Waals surface area contributed by atoms with E-state index in [0.717, 1.165) is 6.07 Å². The molecule has 0 heterocycles. The smallest absolute Gasteiger partial charge is 0.200 e. The van der Waals surface area contributed by atoms with Crippen LogP contribution in [-0.4, -0.2) is 7.11 Å². The van der Waals surface area contributed by atoms with E-state index in [1.54, 1.807) is 0 Å². The van der Waals surface area contributed by atoms with Gasteiger partial charge in [-0.05, 0) is 12.1 Å². The van der Waals surface area contributed by atoms with Crippen LogP contribution in [0.15, 0.2) is 18.2 Å². The number of methoxy groups -OCH3 is 1. The lowest BCUT2D eigenvalue weighted by Gasteiger charge is -1.99. The first-order chi connectivity index (χ1) is 6.75. The van der Waals surface area contributed by atoms with Crippen LogP contribution >= 0.6 is 0 Å². The predicted molar refractivity (Wildman–Crippen MR) is 55.6 cm³/mol. The van der Waals surface area contributed by atoms with E-state index in [1.165, 1.54) is 19.2 Å². The molecule has 0 aromatic heterocycles. The zero-order chi connectivity index (χ0) is 11.6. The summed E-state index contributed by atoms with van der Waals surface area (Å²) in [5, 5.41) is 0. The first kappa shape index (κ1) is 15.4. The first-order valence-corrected chi connectivity index (χ1v) is 4.73. The normalized spacial score (nSPS) is 7.64. The molecule has 1 nitrogen and oxygen atoms in total. The minimum Gasteiger partial charge on any atom is -0.494 e. The van der Waals surface area contributed by atoms with Crippen molar-refractivity contribution in [1.82, 2.24) is 0 Å². The van der Waals surface area contributed by atoms with Gasteiger partial charge < -0.3 is 4.74 Å². The van der Waals surface area contributed by atoms with Crippen molar-refractivity contribution in [2.45, 2.75) is 27.7 Å². The van der Waals surface area contributed by atoms with Crippen LogP contribution < -0.4 is 4.74 Å². The molecule has 1 aromatic carbocycles. The number of rotatable bonds is 1. The highest BCUT2D eigenvalue weighted by molar-refractivity contribution is 5.24. The Morgan fingerprint density at radius 2 is 1.50 bits per heavy atom. The van der Waals surface area contributed by atoms with E-state index in [9.17, 15) is 8.78 Å². The molecule has 1 aromatic rings. The lowest BCUT2D eigenvalue weighted by Crippen LogP contribution is -1.90. The molecule has 0 radical (unpaired) electrons. The Labute approximate surface area is 84.7 Å². The Hall–Kier alpha value is -1.12. The summed E-state index contributed by atoms with van der Waals surface area (Å²) in [4.78, 5) is 0. The number of benzene rings is 1. The molecule has 3 heteroatoms. The van der Waals surface area contributed by atoms with Gasteiger partial charge in [-0.1, -0.05) is 33.8 Å². The lowest BCUT2D eigenvalue weighted by atomic mass is 10.3. The van der Waals surface area contributed by atoms with Gasteiger partial charge in [0.2, 0.25) is 5.82 Å². The number of hydrogen-bond acceptors (Lipinski definition) is 1. The van der Waals surface area contributed by atoms with Crippen LogP contribution in [0.2, 0.25) is 0 Å². The van der Waals surface area contributed by atoms with Crippen LogP contribution in [0.25, 0.3) is 0 Å². The van der Waals surface area contributed by atoms with Gasteiger partial charge in [-0.3, -0.25) is 0 Å². The summed E-state index contributed by atoms with van der Waals surface area (Å²) in [5.41, 5.74) is 0. The molecule has 0 amide bonds. The topological polar surface area (TPSA) is 9.23 Å². The lowest BCUT2D eigenvalue weighted by molar-refractivity contribution is 0.372. The molecule has 0 N–H and O–H groups in total. The van der Waals surface area contributed by atoms with E-state index in [1.807, 2.05) is 27.7 Å². The number of hydrogen-bond donors (Lipinski definition) is 0. The number of ether oxygens (including phenoxy) is 1. The van der Waals surface area contributed by atoms with Crippen molar-refractivity contribution in [3.63, 3.8) is 0 Å². The van der Waals surface area contributed by atoms with Gasteiger partial charge in [-0.25, -0.2) is 4.39 Å². The maximum absolute atomic E-state index is 12.5. The van der Waals surface area contributed by atoms with Crippen molar-refractivity contribution in [3.05, 3.63) is 29.8 Å². The maximum Gasteiger partial charge on any atom is 0.200 e. The first-order valence-electron chi connectivity index (χ1n) is 4.73. The Bertz CT molecular complexity index is 237. The fraction of sp³-hybridized carbons (Fsp3) is 0.455. The van der Waals surface area contributed by atoms with Crippen molar-refractivity contribution in [1.29, 1.82) is 0 Å². The third-order valence-electron chi connectivity index (χ3n) is 1.14. The standard InChI is InChI=1S/C7H6F2O.2C2H6/c1-10-6-4-2-3-5(8)7(6)9;2*1-2/h2-4H,1H3;2*1-2H3. The highest BCUT2D eigenvalue weighted by atomic mass is 19.2. The Morgan fingerprint density at radius 1 is 1.00 bits per heavy atom. The predicted octanol–water partition coefficient (Wildman–Crippen LogP) is 4.03. The van der Waals surface area contributed by atoms with Crippen molar-refractivity contribution in [2.75, 3.05) is 7.11 Å². The largest absolute Gasteiger partial charge is 0.494 e. The van der Waals surface area contributed by atoms with Crippen LogP contribution in [-0.2, 0) is 0 Å². The molecular weight excluding hydrogens is 186 g/mol. The Morgan fingerprint density at radius 3 is 1.86 bits per heavy atom. The van der Waals surface area contributed by atoms with Gasteiger partial charge in [0.25, 0.3) is 0 Å². The van der Waals surface area contributed by atoms with Gasteiger partial charge in [0.05, 0.1) is 7.11 Å². The molecule has 0 aliphatic carbocycles. The second kappa shape index (κ2) is 9.96. The molecule has 1 rings (SSSR count). The molecule has 0 bridgehead atoms. The zero-order valence-electron chi connectivity index (χ0n) is 9.40. The van der Waals surface area contributed by atoms with E-state index in [0.29, 0.717) is 0 Å². The molecule has 0 aliphatic heterocycles. The average molecular weight is 204 g/mol. The van der Waals surface area contributed by atoms with Crippen LogP contribution in [0.5, 0.6) is 5.75 Å². The molecule has 0 spiro atoms. The van der Waals surface area contributed by atoms with Gasteiger partial charge in [-0.2, -0.15) is 4.39 Å². The maximum atomic E-state index is 12.5. The average Bonchev–Trinajstić information content (AvgIpc) is 2.28. The molecule has 0 unspecified atom stereocenters. The molecule has 82 valence electrons. The fourth-order valence-electron chi connectivity index (χ4n) is 0.642. The SMILES string of the molecule is CC.CC.COc1cccc(F)c1F. The van der Waals surface area contributed by atoms with Gasteiger partial charge in [0.1, 0.15) is 0 Å². The molecule has 0 fully saturated rings. The van der Waals surface area contributed by atoms with Gasteiger partial charge in [-0.15, -0.1) is 0 Å². The second-order valence-electron chi connectivity index (χ2n) is 1.76. The van der Waals surface area contributed by atoms with Crippen molar-refractivity contribution < 1.29 is 13.5 Å². The van der Waals surface area contributed by atoms with Crippen LogP contribution in [0, 0.1) is 11.6 Å². The summed E-state index contributed by atoms with van der Waals surface area (Å²) in [7, 11) is 1.29. The van der Waals surface area contributed by atoms with E-state index >= 15 is 0 Å². The molecule has 14 heavy (non-hydrogen) atoms. The molecule has 0 saturated carbocycles. The minimum atomic E-state index is -0.940. The van der Waals surface area contributed by atoms with Crippen LogP contribution in [0.4, 0.5) is 8.78 Å². The highest BCUT2D eigenvalue weighted by Crippen LogP contribution is 2.17. The zero-order valence-corrected chi connectivity index (χ0v) is 9.40. The summed E-state index contributed by atoms with van der Waals surface area (Å²) >= 11 is 0. The quantitative estimate of drug-likeness (QED) is 0.671. The monoisotopic (exact) mass is 204 g/mol. The molecule has 0 aliphatic rings. The van der Waals surface area contributed by atoms with Gasteiger partial charge in [0.15, 0.2) is 11.6 Å². The highest BCUT2D eigenvalue weighted by Gasteiger charge is 2.05. The van der Waals surface area contributed by atoms with Gasteiger partial charge in [0, 0.05) is 0 Å². The molecule has 0 saturated heterocycles. The van der Waals surface area contributed by atoms with E-state index in [4.69, 9.17) is 0 Å². The van der Waals surface area contributed by atoms with E-state index in [-0.39, 0.29) is 5.75 Å². The second-order valence-corrected chi connectivity index (χ2v) is 1.76. The summed E-state index contributed by atoms with van der Waals surface area (Å²) in [6, 6.07) is 3.79. The van der Waals surface area contributed by atoms with Crippen LogP contribution in [0.3, 0.4) is 0 Å². The van der Waals surface area contributed by atoms with E-state index < -0.39 is 11.6 Å². The summed E-state index contributed by atoms with van der Waals surface area (Å²) in [5.74, 6) is -1.90. The fourth-order valence-corrected chi connectivity index (χ4v) is 0.642. The third-order valence-corrected chi connectivity index (χ3v) is 1.14. The Kier molecular flexibility index (Phi) is 10.9. The summed E-state index contributed by atoms with van der Waals surface area (Å²) in [6.07, 6.45) is 0.